The summed E-state index contributed by atoms with van der Waals surface area (Å²) in [4.78, 5) is 4.17. The van der Waals surface area contributed by atoms with E-state index in [2.05, 4.69) is 25.6 Å². The average Bonchev–Trinajstić information content (AvgIpc) is 2.98. The Bertz CT molecular complexity index is 630. The summed E-state index contributed by atoms with van der Waals surface area (Å²) >= 11 is 6.02. The van der Waals surface area contributed by atoms with Crippen LogP contribution < -0.4 is 4.72 Å². The van der Waals surface area contributed by atoms with Gasteiger partial charge in [-0.15, -0.1) is 22.7 Å². The van der Waals surface area contributed by atoms with Crippen molar-refractivity contribution in [2.75, 3.05) is 0 Å². The molecule has 0 aliphatic heterocycles. The second-order valence-electron chi connectivity index (χ2n) is 3.97. The van der Waals surface area contributed by atoms with Gasteiger partial charge in [-0.3, -0.25) is 0 Å². The molecule has 0 aromatic carbocycles. The van der Waals surface area contributed by atoms with Crippen LogP contribution in [0.25, 0.3) is 0 Å². The number of nitrogens with one attached hydrogen (secondary N) is 1. The largest absolute Gasteiger partial charge is 0.250 e. The van der Waals surface area contributed by atoms with Gasteiger partial charge in [-0.1, -0.05) is 6.92 Å². The molecule has 0 saturated heterocycles. The lowest BCUT2D eigenvalue weighted by Gasteiger charge is -2.13. The maximum Gasteiger partial charge on any atom is 0.250 e. The number of thiophene rings is 1. The first kappa shape index (κ1) is 15.1. The van der Waals surface area contributed by atoms with E-state index in [1.165, 1.54) is 22.7 Å². The van der Waals surface area contributed by atoms with Crippen LogP contribution in [0.4, 0.5) is 0 Å². The Morgan fingerprint density at radius 2 is 2.26 bits per heavy atom. The van der Waals surface area contributed by atoms with Crippen molar-refractivity contribution in [1.29, 1.82) is 0 Å². The highest BCUT2D eigenvalue weighted by Gasteiger charge is 2.24. The normalized spacial score (nSPS) is 13.6. The van der Waals surface area contributed by atoms with E-state index in [9.17, 15) is 8.42 Å². The monoisotopic (exact) mass is 380 g/mol. The lowest BCUT2D eigenvalue weighted by Crippen LogP contribution is -2.27. The minimum absolute atomic E-state index is 0.272. The summed E-state index contributed by atoms with van der Waals surface area (Å²) in [6, 6.07) is 1.40. The van der Waals surface area contributed by atoms with E-state index >= 15 is 0 Å². The number of halogens is 1. The molecular formula is C11H13BrN2O2S3. The highest BCUT2D eigenvalue weighted by Crippen LogP contribution is 2.31. The molecule has 0 saturated carbocycles. The number of aromatic nitrogens is 1. The van der Waals surface area contributed by atoms with Gasteiger partial charge in [-0.2, -0.15) is 0 Å². The molecule has 19 heavy (non-hydrogen) atoms. The topological polar surface area (TPSA) is 59.1 Å². The van der Waals surface area contributed by atoms with Gasteiger partial charge in [0.05, 0.1) is 9.83 Å². The van der Waals surface area contributed by atoms with Crippen LogP contribution in [0.5, 0.6) is 0 Å². The highest BCUT2D eigenvalue weighted by atomic mass is 79.9. The molecule has 2 aromatic rings. The molecule has 2 aromatic heterocycles. The first-order valence-corrected chi connectivity index (χ1v) is 9.59. The molecule has 2 rings (SSSR count). The van der Waals surface area contributed by atoms with E-state index < -0.39 is 10.0 Å². The van der Waals surface area contributed by atoms with E-state index in [1.807, 2.05) is 19.2 Å². The third-order valence-corrected chi connectivity index (χ3v) is 7.53. The summed E-state index contributed by atoms with van der Waals surface area (Å²) in [5.74, 6) is 0. The molecule has 2 heterocycles. The maximum atomic E-state index is 12.3. The quantitative estimate of drug-likeness (QED) is 0.859. The van der Waals surface area contributed by atoms with Gasteiger partial charge >= 0.3 is 0 Å². The van der Waals surface area contributed by atoms with Gasteiger partial charge in [-0.25, -0.2) is 18.1 Å². The zero-order chi connectivity index (χ0) is 14.0. The lowest BCUT2D eigenvalue weighted by atomic mass is 10.3. The minimum atomic E-state index is -3.49. The number of sulfonamides is 1. The number of hydrogen-bond donors (Lipinski definition) is 1. The second-order valence-corrected chi connectivity index (χ2v) is 9.21. The van der Waals surface area contributed by atoms with Gasteiger partial charge < -0.3 is 0 Å². The smallest absolute Gasteiger partial charge is 0.248 e. The molecule has 1 N–H and O–H groups in total. The van der Waals surface area contributed by atoms with Crippen LogP contribution in [-0.4, -0.2) is 13.4 Å². The first-order valence-electron chi connectivity index (χ1n) is 5.61. The predicted octanol–water partition coefficient (Wildman–Crippen LogP) is 3.71. The van der Waals surface area contributed by atoms with Crippen molar-refractivity contribution in [2.45, 2.75) is 30.5 Å². The molecule has 0 radical (unpaired) electrons. The van der Waals surface area contributed by atoms with Crippen molar-refractivity contribution < 1.29 is 8.42 Å². The summed E-state index contributed by atoms with van der Waals surface area (Å²) in [6.07, 6.45) is 2.35. The van der Waals surface area contributed by atoms with Crippen LogP contribution >= 0.6 is 38.6 Å². The average molecular weight is 381 g/mol. The molecule has 0 aliphatic carbocycles. The minimum Gasteiger partial charge on any atom is -0.248 e. The van der Waals surface area contributed by atoms with Crippen LogP contribution in [-0.2, 0) is 10.0 Å². The molecule has 0 fully saturated rings. The molecule has 0 amide bonds. The van der Waals surface area contributed by atoms with Crippen LogP contribution in [0.1, 0.15) is 30.0 Å². The van der Waals surface area contributed by atoms with E-state index in [-0.39, 0.29) is 6.04 Å². The van der Waals surface area contributed by atoms with Crippen LogP contribution in [0.15, 0.2) is 25.6 Å². The summed E-state index contributed by atoms with van der Waals surface area (Å²) in [7, 11) is -3.49. The van der Waals surface area contributed by atoms with Crippen LogP contribution in [0, 0.1) is 6.92 Å². The fourth-order valence-corrected chi connectivity index (χ4v) is 5.90. The molecule has 1 unspecified atom stereocenters. The van der Waals surface area contributed by atoms with Crippen LogP contribution in [0.3, 0.4) is 0 Å². The Kier molecular flexibility index (Phi) is 4.78. The van der Waals surface area contributed by atoms with Crippen molar-refractivity contribution in [3.05, 3.63) is 32.0 Å². The predicted molar refractivity (Wildman–Crippen MR) is 82.2 cm³/mol. The van der Waals surface area contributed by atoms with Gasteiger partial charge in [0.25, 0.3) is 10.0 Å². The number of thiazole rings is 1. The molecule has 104 valence electrons. The van der Waals surface area contributed by atoms with Crippen molar-refractivity contribution in [1.82, 2.24) is 9.71 Å². The Morgan fingerprint density at radius 3 is 2.74 bits per heavy atom. The Balaban J connectivity index is 2.25. The van der Waals surface area contributed by atoms with Crippen molar-refractivity contribution in [3.63, 3.8) is 0 Å². The van der Waals surface area contributed by atoms with Gasteiger partial charge in [0.15, 0.2) is 0 Å². The maximum absolute atomic E-state index is 12.3. The second kappa shape index (κ2) is 6.01. The number of hydrogen-bond acceptors (Lipinski definition) is 5. The molecule has 0 spiro atoms. The van der Waals surface area contributed by atoms with E-state index in [1.54, 1.807) is 12.3 Å². The summed E-state index contributed by atoms with van der Waals surface area (Å²) in [6.45, 7) is 3.81. The number of nitrogens with zero attached hydrogens (tertiary/aromatic N) is 1. The van der Waals surface area contributed by atoms with Gasteiger partial charge in [-0.05, 0) is 40.9 Å². The van der Waals surface area contributed by atoms with Gasteiger partial charge in [0.2, 0.25) is 0 Å². The first-order chi connectivity index (χ1) is 8.94. The summed E-state index contributed by atoms with van der Waals surface area (Å²) in [5.41, 5.74) is 0.924. The molecule has 1 atom stereocenters. The molecular weight excluding hydrogens is 368 g/mol. The summed E-state index contributed by atoms with van der Waals surface area (Å²) in [5, 5.41) is 2.64. The fraction of sp³-hybridized carbons (Fsp3) is 0.364. The Hall–Kier alpha value is -0.280. The zero-order valence-electron chi connectivity index (χ0n) is 10.4. The molecule has 8 heteroatoms. The van der Waals surface area contributed by atoms with E-state index in [4.69, 9.17) is 0 Å². The van der Waals surface area contributed by atoms with Gasteiger partial charge in [0.1, 0.15) is 9.22 Å². The molecule has 0 bridgehead atoms. The Labute approximate surface area is 129 Å². The zero-order valence-corrected chi connectivity index (χ0v) is 14.4. The van der Waals surface area contributed by atoms with Crippen molar-refractivity contribution >= 4 is 48.6 Å². The standard InChI is InChI=1S/C11H13BrN2O2S3/c1-3-8(11-13-4-5-17-11)14-19(15,16)9-6-7(2)10(12)18-9/h4-6,8,14H,3H2,1-2H3. The van der Waals surface area contributed by atoms with Crippen molar-refractivity contribution in [3.8, 4) is 0 Å². The summed E-state index contributed by atoms with van der Waals surface area (Å²) < 4.78 is 28.5. The SMILES string of the molecule is CCC(NS(=O)(=O)c1cc(C)c(Br)s1)c1nccs1. The van der Waals surface area contributed by atoms with E-state index in [0.29, 0.717) is 10.6 Å². The fourth-order valence-electron chi connectivity index (χ4n) is 1.52. The number of rotatable bonds is 5. The Morgan fingerprint density at radius 1 is 1.53 bits per heavy atom. The van der Waals surface area contributed by atoms with Crippen LogP contribution in [0.2, 0.25) is 0 Å². The van der Waals surface area contributed by atoms with Gasteiger partial charge in [0, 0.05) is 11.6 Å². The molecule has 0 aliphatic rings. The third kappa shape index (κ3) is 3.43. The molecule has 4 nitrogen and oxygen atoms in total. The van der Waals surface area contributed by atoms with Crippen molar-refractivity contribution in [2.24, 2.45) is 0 Å². The lowest BCUT2D eigenvalue weighted by molar-refractivity contribution is 0.551. The third-order valence-electron chi connectivity index (χ3n) is 2.55. The number of aryl methyl sites for hydroxylation is 1. The highest BCUT2D eigenvalue weighted by molar-refractivity contribution is 9.11. The van der Waals surface area contributed by atoms with E-state index in [0.717, 1.165) is 14.4 Å².